The van der Waals surface area contributed by atoms with E-state index in [9.17, 15) is 4.79 Å². The topological polar surface area (TPSA) is 56.6 Å². The third-order valence-corrected chi connectivity index (χ3v) is 5.08. The second-order valence-corrected chi connectivity index (χ2v) is 6.83. The molecule has 0 spiro atoms. The number of fused-ring (bicyclic) bond motifs is 1. The summed E-state index contributed by atoms with van der Waals surface area (Å²) in [5, 5.41) is 1.46. The molecule has 2 aromatic rings. The number of benzene rings is 1. The van der Waals surface area contributed by atoms with E-state index in [0.29, 0.717) is 50.2 Å². The third-order valence-electron chi connectivity index (χ3n) is 3.88. The van der Waals surface area contributed by atoms with Crippen molar-refractivity contribution in [3.8, 4) is 0 Å². The molecule has 24 heavy (non-hydrogen) atoms. The van der Waals surface area contributed by atoms with Crippen LogP contribution in [0.3, 0.4) is 0 Å². The number of rotatable bonds is 6. The highest BCUT2D eigenvalue weighted by atomic mass is 35.5. The van der Waals surface area contributed by atoms with E-state index in [4.69, 9.17) is 21.1 Å². The summed E-state index contributed by atoms with van der Waals surface area (Å²) in [5.74, 6) is 0.482. The van der Waals surface area contributed by atoms with Gasteiger partial charge >= 0.3 is 0 Å². The molecule has 6 nitrogen and oxygen atoms in total. The van der Waals surface area contributed by atoms with Gasteiger partial charge in [-0.15, -0.1) is 0 Å². The first-order chi connectivity index (χ1) is 11.7. The molecule has 0 saturated carbocycles. The minimum atomic E-state index is 0.117. The van der Waals surface area contributed by atoms with Gasteiger partial charge in [0.1, 0.15) is 0 Å². The van der Waals surface area contributed by atoms with Crippen molar-refractivity contribution in [2.75, 3.05) is 45.8 Å². The van der Waals surface area contributed by atoms with Crippen molar-refractivity contribution >= 4 is 40.3 Å². The third kappa shape index (κ3) is 4.03. The maximum absolute atomic E-state index is 12.3. The molecule has 1 aromatic heterocycles. The molecule has 130 valence electrons. The molecule has 1 amide bonds. The Balaban J connectivity index is 1.75. The molecule has 1 fully saturated rings. The maximum atomic E-state index is 12.3. The SMILES string of the molecule is COCCn1c(SCC(=O)N2CCOCC2)nc2cc(Cl)ccc21. The largest absolute Gasteiger partial charge is 0.383 e. The summed E-state index contributed by atoms with van der Waals surface area (Å²) in [6.07, 6.45) is 0. The van der Waals surface area contributed by atoms with Gasteiger partial charge in [-0.3, -0.25) is 4.79 Å². The van der Waals surface area contributed by atoms with E-state index >= 15 is 0 Å². The number of nitrogens with zero attached hydrogens (tertiary/aromatic N) is 3. The molecule has 0 N–H and O–H groups in total. The van der Waals surface area contributed by atoms with Gasteiger partial charge in [0.05, 0.1) is 36.6 Å². The molecule has 8 heteroatoms. The van der Waals surface area contributed by atoms with Gasteiger partial charge in [0.25, 0.3) is 0 Å². The van der Waals surface area contributed by atoms with Gasteiger partial charge in [-0.1, -0.05) is 23.4 Å². The Bertz CT molecular complexity index is 716. The lowest BCUT2D eigenvalue weighted by atomic mass is 10.3. The number of thioether (sulfide) groups is 1. The quantitative estimate of drug-likeness (QED) is 0.731. The van der Waals surface area contributed by atoms with Gasteiger partial charge in [-0.2, -0.15) is 0 Å². The average Bonchev–Trinajstić information content (AvgIpc) is 2.95. The van der Waals surface area contributed by atoms with E-state index in [-0.39, 0.29) is 5.91 Å². The molecule has 0 atom stereocenters. The fraction of sp³-hybridized carbons (Fsp3) is 0.500. The van der Waals surface area contributed by atoms with E-state index in [0.717, 1.165) is 16.2 Å². The summed E-state index contributed by atoms with van der Waals surface area (Å²) >= 11 is 7.51. The molecule has 1 aromatic carbocycles. The minimum Gasteiger partial charge on any atom is -0.383 e. The molecule has 1 saturated heterocycles. The molecule has 0 bridgehead atoms. The van der Waals surface area contributed by atoms with Crippen LogP contribution in [0, 0.1) is 0 Å². The summed E-state index contributed by atoms with van der Waals surface area (Å²) in [5.41, 5.74) is 1.83. The summed E-state index contributed by atoms with van der Waals surface area (Å²) in [4.78, 5) is 18.8. The van der Waals surface area contributed by atoms with E-state index in [1.165, 1.54) is 11.8 Å². The average molecular weight is 370 g/mol. The molecular weight excluding hydrogens is 350 g/mol. The van der Waals surface area contributed by atoms with Crippen LogP contribution in [0.1, 0.15) is 0 Å². The molecule has 0 aliphatic carbocycles. The summed E-state index contributed by atoms with van der Waals surface area (Å²) < 4.78 is 12.5. The summed E-state index contributed by atoms with van der Waals surface area (Å²) in [7, 11) is 1.67. The van der Waals surface area contributed by atoms with E-state index in [1.807, 2.05) is 23.1 Å². The van der Waals surface area contributed by atoms with Gasteiger partial charge in [0, 0.05) is 31.8 Å². The number of methoxy groups -OCH3 is 1. The van der Waals surface area contributed by atoms with Crippen LogP contribution in [0.4, 0.5) is 0 Å². The summed E-state index contributed by atoms with van der Waals surface area (Å²) in [6.45, 7) is 3.81. The van der Waals surface area contributed by atoms with Crippen molar-refractivity contribution in [1.82, 2.24) is 14.5 Å². The van der Waals surface area contributed by atoms with Gasteiger partial charge in [0.2, 0.25) is 5.91 Å². The Kier molecular flexibility index (Phi) is 5.99. The van der Waals surface area contributed by atoms with Crippen LogP contribution >= 0.6 is 23.4 Å². The van der Waals surface area contributed by atoms with Crippen molar-refractivity contribution in [3.05, 3.63) is 23.2 Å². The zero-order chi connectivity index (χ0) is 16.9. The van der Waals surface area contributed by atoms with Crippen molar-refractivity contribution in [3.63, 3.8) is 0 Å². The van der Waals surface area contributed by atoms with E-state index in [2.05, 4.69) is 9.55 Å². The van der Waals surface area contributed by atoms with E-state index in [1.54, 1.807) is 7.11 Å². The number of hydrogen-bond acceptors (Lipinski definition) is 5. The standard InChI is InChI=1S/C16H20ClN3O3S/c1-22-7-6-20-14-3-2-12(17)10-13(14)18-16(20)24-11-15(21)19-4-8-23-9-5-19/h2-3,10H,4-9,11H2,1H3. The zero-order valence-corrected chi connectivity index (χ0v) is 15.1. The van der Waals surface area contributed by atoms with Crippen molar-refractivity contribution in [2.45, 2.75) is 11.7 Å². The minimum absolute atomic E-state index is 0.117. The molecular formula is C16H20ClN3O3S. The Labute approximate surface area is 150 Å². The Morgan fingerprint density at radius 3 is 2.96 bits per heavy atom. The van der Waals surface area contributed by atoms with E-state index < -0.39 is 0 Å². The number of carbonyl (C=O) groups excluding carboxylic acids is 1. The van der Waals surface area contributed by atoms with Crippen molar-refractivity contribution in [1.29, 1.82) is 0 Å². The van der Waals surface area contributed by atoms with Gasteiger partial charge in [-0.05, 0) is 18.2 Å². The van der Waals surface area contributed by atoms with Crippen LogP contribution in [0.2, 0.25) is 5.02 Å². The number of ether oxygens (including phenoxy) is 2. The van der Waals surface area contributed by atoms with Crippen molar-refractivity contribution < 1.29 is 14.3 Å². The molecule has 0 radical (unpaired) electrons. The maximum Gasteiger partial charge on any atom is 0.233 e. The van der Waals surface area contributed by atoms with Gasteiger partial charge < -0.3 is 18.9 Å². The predicted molar refractivity (Wildman–Crippen MR) is 94.7 cm³/mol. The lowest BCUT2D eigenvalue weighted by molar-refractivity contribution is -0.132. The normalized spacial score (nSPS) is 15.2. The fourth-order valence-corrected chi connectivity index (χ4v) is 3.73. The Morgan fingerprint density at radius 1 is 1.42 bits per heavy atom. The van der Waals surface area contributed by atoms with Crippen molar-refractivity contribution in [2.24, 2.45) is 0 Å². The monoisotopic (exact) mass is 369 g/mol. The Morgan fingerprint density at radius 2 is 2.21 bits per heavy atom. The highest BCUT2D eigenvalue weighted by molar-refractivity contribution is 7.99. The fourth-order valence-electron chi connectivity index (χ4n) is 2.62. The first-order valence-electron chi connectivity index (χ1n) is 7.82. The first-order valence-corrected chi connectivity index (χ1v) is 9.18. The number of carbonyl (C=O) groups is 1. The predicted octanol–water partition coefficient (Wildman–Crippen LogP) is 2.29. The van der Waals surface area contributed by atoms with Crippen LogP contribution in [-0.4, -0.2) is 66.1 Å². The van der Waals surface area contributed by atoms with Crippen LogP contribution in [0.25, 0.3) is 11.0 Å². The van der Waals surface area contributed by atoms with Gasteiger partial charge in [-0.25, -0.2) is 4.98 Å². The second-order valence-electron chi connectivity index (χ2n) is 5.45. The number of amides is 1. The molecule has 0 unspecified atom stereocenters. The van der Waals surface area contributed by atoms with Crippen LogP contribution < -0.4 is 0 Å². The first kappa shape index (κ1) is 17.5. The molecule has 2 heterocycles. The van der Waals surface area contributed by atoms with Gasteiger partial charge in [0.15, 0.2) is 5.16 Å². The highest BCUT2D eigenvalue weighted by Gasteiger charge is 2.19. The Hall–Kier alpha value is -1.28. The number of hydrogen-bond donors (Lipinski definition) is 0. The smallest absolute Gasteiger partial charge is 0.233 e. The van der Waals surface area contributed by atoms with Crippen LogP contribution in [0.15, 0.2) is 23.4 Å². The lowest BCUT2D eigenvalue weighted by Crippen LogP contribution is -2.41. The molecule has 3 rings (SSSR count). The molecule has 1 aliphatic heterocycles. The summed E-state index contributed by atoms with van der Waals surface area (Å²) in [6, 6.07) is 5.64. The number of aromatic nitrogens is 2. The number of morpholine rings is 1. The highest BCUT2D eigenvalue weighted by Crippen LogP contribution is 2.26. The second kappa shape index (κ2) is 8.20. The molecule has 1 aliphatic rings. The van der Waals surface area contributed by atoms with Crippen LogP contribution in [-0.2, 0) is 20.8 Å². The number of imidazole rings is 1. The lowest BCUT2D eigenvalue weighted by Gasteiger charge is -2.26. The van der Waals surface area contributed by atoms with Crippen LogP contribution in [0.5, 0.6) is 0 Å². The zero-order valence-electron chi connectivity index (χ0n) is 13.5. The number of halogens is 1.